The minimum Gasteiger partial charge on any atom is -0.383 e. The highest BCUT2D eigenvalue weighted by Crippen LogP contribution is 2.13. The van der Waals surface area contributed by atoms with Gasteiger partial charge in [0, 0.05) is 45.2 Å². The molecule has 7 heteroatoms. The van der Waals surface area contributed by atoms with Gasteiger partial charge in [0.15, 0.2) is 0 Å². The number of amides is 1. The number of carbonyl (C=O) groups is 1. The molecular formula is C17H25N5O2. The molecule has 0 atom stereocenters. The largest absolute Gasteiger partial charge is 0.383 e. The second-order valence-corrected chi connectivity index (χ2v) is 5.85. The first-order chi connectivity index (χ1) is 11.4. The highest BCUT2D eigenvalue weighted by molar-refractivity contribution is 5.94. The van der Waals surface area contributed by atoms with E-state index in [4.69, 9.17) is 4.74 Å². The van der Waals surface area contributed by atoms with Gasteiger partial charge in [0.05, 0.1) is 24.4 Å². The van der Waals surface area contributed by atoms with E-state index in [1.807, 2.05) is 43.6 Å². The number of anilines is 1. The van der Waals surface area contributed by atoms with Crippen molar-refractivity contribution >= 4 is 11.7 Å². The van der Waals surface area contributed by atoms with E-state index >= 15 is 0 Å². The van der Waals surface area contributed by atoms with Crippen LogP contribution < -0.4 is 10.2 Å². The van der Waals surface area contributed by atoms with E-state index < -0.39 is 0 Å². The Morgan fingerprint density at radius 3 is 2.67 bits per heavy atom. The first kappa shape index (κ1) is 17.9. The summed E-state index contributed by atoms with van der Waals surface area (Å²) in [6.07, 6.45) is 1.59. The Hall–Kier alpha value is -2.41. The second kappa shape index (κ2) is 7.92. The van der Waals surface area contributed by atoms with Crippen molar-refractivity contribution in [1.82, 2.24) is 20.1 Å². The highest BCUT2D eigenvalue weighted by atomic mass is 16.5. The zero-order valence-electron chi connectivity index (χ0n) is 15.0. The number of nitrogens with zero attached hydrogens (tertiary/aromatic N) is 4. The number of aromatic nitrogens is 3. The number of ether oxygens (including phenoxy) is 1. The number of carbonyl (C=O) groups excluding carboxylic acids is 1. The Balaban J connectivity index is 2.02. The molecule has 2 aromatic heterocycles. The molecule has 0 spiro atoms. The van der Waals surface area contributed by atoms with E-state index in [-0.39, 0.29) is 5.91 Å². The van der Waals surface area contributed by atoms with Crippen LogP contribution in [0.1, 0.15) is 27.3 Å². The smallest absolute Gasteiger partial charge is 0.253 e. The van der Waals surface area contributed by atoms with Crippen LogP contribution >= 0.6 is 0 Å². The predicted octanol–water partition coefficient (Wildman–Crippen LogP) is 1.54. The van der Waals surface area contributed by atoms with Gasteiger partial charge in [-0.25, -0.2) is 4.98 Å². The van der Waals surface area contributed by atoms with E-state index in [2.05, 4.69) is 15.4 Å². The number of rotatable bonds is 7. The normalized spacial score (nSPS) is 10.7. The number of methoxy groups -OCH3 is 1. The fraction of sp³-hybridized carbons (Fsp3) is 0.471. The molecule has 0 saturated heterocycles. The monoisotopic (exact) mass is 331 g/mol. The molecule has 130 valence electrons. The minimum absolute atomic E-state index is 0.142. The molecule has 0 unspecified atom stereocenters. The van der Waals surface area contributed by atoms with Crippen LogP contribution in [0.4, 0.5) is 5.82 Å². The predicted molar refractivity (Wildman–Crippen MR) is 93.3 cm³/mol. The summed E-state index contributed by atoms with van der Waals surface area (Å²) in [7, 11) is 5.49. The van der Waals surface area contributed by atoms with Crippen molar-refractivity contribution in [3.05, 3.63) is 40.8 Å². The molecule has 0 fully saturated rings. The van der Waals surface area contributed by atoms with Gasteiger partial charge < -0.3 is 15.0 Å². The molecule has 0 bridgehead atoms. The van der Waals surface area contributed by atoms with Crippen molar-refractivity contribution in [2.24, 2.45) is 0 Å². The highest BCUT2D eigenvalue weighted by Gasteiger charge is 2.13. The Bertz CT molecular complexity index is 692. The van der Waals surface area contributed by atoms with Gasteiger partial charge >= 0.3 is 0 Å². The summed E-state index contributed by atoms with van der Waals surface area (Å²) in [6, 6.07) is 3.60. The average Bonchev–Trinajstić information content (AvgIpc) is 2.84. The molecule has 0 aliphatic rings. The summed E-state index contributed by atoms with van der Waals surface area (Å²) in [5, 5.41) is 7.43. The van der Waals surface area contributed by atoms with Crippen LogP contribution in [0.2, 0.25) is 0 Å². The van der Waals surface area contributed by atoms with Crippen LogP contribution in [0.25, 0.3) is 0 Å². The molecule has 0 aliphatic carbocycles. The third-order valence-electron chi connectivity index (χ3n) is 3.93. The lowest BCUT2D eigenvalue weighted by Gasteiger charge is -2.11. The number of hydrogen-bond donors (Lipinski definition) is 1. The molecule has 0 aliphatic heterocycles. The number of hydrogen-bond acceptors (Lipinski definition) is 5. The fourth-order valence-corrected chi connectivity index (χ4v) is 2.44. The first-order valence-electron chi connectivity index (χ1n) is 7.87. The Kier molecular flexibility index (Phi) is 5.92. The van der Waals surface area contributed by atoms with Gasteiger partial charge in [-0.1, -0.05) is 0 Å². The lowest BCUT2D eigenvalue weighted by molar-refractivity contribution is 0.0950. The van der Waals surface area contributed by atoms with Gasteiger partial charge in [0.25, 0.3) is 5.91 Å². The third-order valence-corrected chi connectivity index (χ3v) is 3.93. The van der Waals surface area contributed by atoms with Gasteiger partial charge in [-0.2, -0.15) is 5.10 Å². The van der Waals surface area contributed by atoms with Crippen molar-refractivity contribution < 1.29 is 9.53 Å². The van der Waals surface area contributed by atoms with E-state index in [1.165, 1.54) is 0 Å². The van der Waals surface area contributed by atoms with Crippen LogP contribution in [-0.4, -0.2) is 48.5 Å². The van der Waals surface area contributed by atoms with Crippen molar-refractivity contribution in [3.8, 4) is 0 Å². The summed E-state index contributed by atoms with van der Waals surface area (Å²) in [6.45, 7) is 5.71. The van der Waals surface area contributed by atoms with Gasteiger partial charge in [-0.3, -0.25) is 9.48 Å². The summed E-state index contributed by atoms with van der Waals surface area (Å²) in [5.41, 5.74) is 3.55. The lowest BCUT2D eigenvalue weighted by Crippen LogP contribution is -2.24. The molecule has 24 heavy (non-hydrogen) atoms. The first-order valence-corrected chi connectivity index (χ1v) is 7.87. The standard InChI is InChI=1S/C17H25N5O2/c1-12-15(13(2)22(20-12)8-9-24-5)11-19-17(23)14-6-7-16(18-10-14)21(3)4/h6-7,10H,8-9,11H2,1-5H3,(H,19,23). The summed E-state index contributed by atoms with van der Waals surface area (Å²) in [4.78, 5) is 18.4. The van der Waals surface area contributed by atoms with Gasteiger partial charge in [0.1, 0.15) is 5.82 Å². The van der Waals surface area contributed by atoms with Crippen LogP contribution in [-0.2, 0) is 17.8 Å². The summed E-state index contributed by atoms with van der Waals surface area (Å²) in [5.74, 6) is 0.675. The maximum absolute atomic E-state index is 12.3. The number of aryl methyl sites for hydroxylation is 1. The van der Waals surface area contributed by atoms with Crippen molar-refractivity contribution in [3.63, 3.8) is 0 Å². The molecular weight excluding hydrogens is 306 g/mol. The van der Waals surface area contributed by atoms with Crippen LogP contribution in [0.3, 0.4) is 0 Å². The molecule has 2 aromatic rings. The molecule has 2 rings (SSSR count). The molecule has 7 nitrogen and oxygen atoms in total. The average molecular weight is 331 g/mol. The van der Waals surface area contributed by atoms with Crippen molar-refractivity contribution in [1.29, 1.82) is 0 Å². The van der Waals surface area contributed by atoms with Crippen molar-refractivity contribution in [2.45, 2.75) is 26.9 Å². The van der Waals surface area contributed by atoms with E-state index in [9.17, 15) is 4.79 Å². The zero-order chi connectivity index (χ0) is 17.7. The van der Waals surface area contributed by atoms with Crippen LogP contribution in [0, 0.1) is 13.8 Å². The topological polar surface area (TPSA) is 72.3 Å². The Morgan fingerprint density at radius 1 is 1.33 bits per heavy atom. The molecule has 2 heterocycles. The molecule has 1 amide bonds. The van der Waals surface area contributed by atoms with Crippen LogP contribution in [0.5, 0.6) is 0 Å². The number of pyridine rings is 1. The van der Waals surface area contributed by atoms with E-state index in [0.717, 1.165) is 22.8 Å². The maximum Gasteiger partial charge on any atom is 0.253 e. The van der Waals surface area contributed by atoms with Crippen molar-refractivity contribution in [2.75, 3.05) is 32.7 Å². The summed E-state index contributed by atoms with van der Waals surface area (Å²) < 4.78 is 7.00. The SMILES string of the molecule is COCCn1nc(C)c(CNC(=O)c2ccc(N(C)C)nc2)c1C. The van der Waals surface area contributed by atoms with E-state index in [0.29, 0.717) is 25.3 Å². The molecule has 0 saturated carbocycles. The Labute approximate surface area is 142 Å². The lowest BCUT2D eigenvalue weighted by atomic mass is 10.2. The van der Waals surface area contributed by atoms with E-state index in [1.54, 1.807) is 19.4 Å². The maximum atomic E-state index is 12.3. The van der Waals surface area contributed by atoms with Gasteiger partial charge in [-0.15, -0.1) is 0 Å². The number of nitrogens with one attached hydrogen (secondary N) is 1. The quantitative estimate of drug-likeness (QED) is 0.833. The molecule has 1 N–H and O–H groups in total. The summed E-state index contributed by atoms with van der Waals surface area (Å²) >= 11 is 0. The molecule has 0 radical (unpaired) electrons. The third kappa shape index (κ3) is 4.11. The fourth-order valence-electron chi connectivity index (χ4n) is 2.44. The minimum atomic E-state index is -0.142. The second-order valence-electron chi connectivity index (χ2n) is 5.85. The zero-order valence-corrected chi connectivity index (χ0v) is 15.0. The molecule has 0 aromatic carbocycles. The van der Waals surface area contributed by atoms with Gasteiger partial charge in [-0.05, 0) is 26.0 Å². The van der Waals surface area contributed by atoms with Crippen LogP contribution in [0.15, 0.2) is 18.3 Å². The van der Waals surface area contributed by atoms with Gasteiger partial charge in [0.2, 0.25) is 0 Å². The Morgan fingerprint density at radius 2 is 2.08 bits per heavy atom.